The number of carbonyl (C=O) groups is 2. The molecule has 0 bridgehead atoms. The van der Waals surface area contributed by atoms with Gasteiger partial charge in [0.05, 0.1) is 0 Å². The second kappa shape index (κ2) is 15.4. The zero-order chi connectivity index (χ0) is 24.8. The first kappa shape index (κ1) is 27.8. The first-order valence-corrected chi connectivity index (χ1v) is 12.3. The van der Waals surface area contributed by atoms with Crippen molar-refractivity contribution in [2.75, 3.05) is 36.9 Å². The number of unbranched alkanes of at least 4 members (excludes halogenated alkanes) is 2. The highest BCUT2D eigenvalue weighted by Gasteiger charge is 2.21. The predicted octanol–water partition coefficient (Wildman–Crippen LogP) is 7.06. The summed E-state index contributed by atoms with van der Waals surface area (Å²) in [5, 5.41) is 6.30. The molecule has 0 fully saturated rings. The van der Waals surface area contributed by atoms with Gasteiger partial charge in [-0.3, -0.25) is 15.5 Å². The summed E-state index contributed by atoms with van der Waals surface area (Å²) in [5.41, 5.74) is 1.03. The molecule has 0 aliphatic carbocycles. The third-order valence-electron chi connectivity index (χ3n) is 4.93. The van der Waals surface area contributed by atoms with Crippen molar-refractivity contribution in [3.05, 3.63) is 58.6 Å². The molecule has 0 unspecified atom stereocenters. The van der Waals surface area contributed by atoms with Crippen molar-refractivity contribution in [1.82, 2.24) is 4.90 Å². The molecule has 0 radical (unpaired) electrons. The molecule has 2 amide bonds. The topological polar surface area (TPSA) is 79.9 Å². The van der Waals surface area contributed by atoms with Crippen LogP contribution in [0.1, 0.15) is 39.5 Å². The van der Waals surface area contributed by atoms with Crippen molar-refractivity contribution in [3.8, 4) is 0 Å². The fourth-order valence-electron chi connectivity index (χ4n) is 3.22. The molecular formula is C25H33Cl2N3O4. The van der Waals surface area contributed by atoms with E-state index < -0.39 is 18.3 Å². The lowest BCUT2D eigenvalue weighted by atomic mass is 10.2. The Bertz CT molecular complexity index is 905. The molecule has 34 heavy (non-hydrogen) atoms. The number of carbonyl (C=O) groups excluding carboxylic acids is 2. The second-order valence-electron chi connectivity index (χ2n) is 7.90. The van der Waals surface area contributed by atoms with Gasteiger partial charge in [0.15, 0.2) is 6.10 Å². The van der Waals surface area contributed by atoms with Gasteiger partial charge in [-0.25, -0.2) is 9.59 Å². The predicted molar refractivity (Wildman–Crippen MR) is 138 cm³/mol. The van der Waals surface area contributed by atoms with E-state index in [1.54, 1.807) is 48.5 Å². The number of benzene rings is 2. The van der Waals surface area contributed by atoms with Crippen molar-refractivity contribution in [2.24, 2.45) is 0 Å². The third-order valence-corrected chi connectivity index (χ3v) is 5.40. The highest BCUT2D eigenvalue weighted by molar-refractivity contribution is 6.31. The monoisotopic (exact) mass is 509 g/mol. The van der Waals surface area contributed by atoms with Gasteiger partial charge in [-0.1, -0.05) is 62.0 Å². The number of anilines is 2. The second-order valence-corrected chi connectivity index (χ2v) is 8.78. The normalized spacial score (nSPS) is 11.7. The zero-order valence-electron chi connectivity index (χ0n) is 19.7. The number of hydrogen-bond acceptors (Lipinski definition) is 5. The number of rotatable bonds is 13. The highest BCUT2D eigenvalue weighted by atomic mass is 35.5. The lowest BCUT2D eigenvalue weighted by Crippen LogP contribution is -2.40. The minimum atomic E-state index is -0.655. The van der Waals surface area contributed by atoms with Crippen LogP contribution in [0.5, 0.6) is 0 Å². The summed E-state index contributed by atoms with van der Waals surface area (Å²) in [6, 6.07) is 13.5. The zero-order valence-corrected chi connectivity index (χ0v) is 21.2. The Balaban J connectivity index is 2.01. The van der Waals surface area contributed by atoms with Crippen LogP contribution in [0.15, 0.2) is 48.5 Å². The summed E-state index contributed by atoms with van der Waals surface area (Å²) in [5.74, 6) is 0. The maximum atomic E-state index is 12.6. The van der Waals surface area contributed by atoms with E-state index in [1.165, 1.54) is 0 Å². The molecule has 2 rings (SSSR count). The molecule has 2 aromatic carbocycles. The molecule has 0 spiro atoms. The lowest BCUT2D eigenvalue weighted by Gasteiger charge is -2.27. The van der Waals surface area contributed by atoms with E-state index in [-0.39, 0.29) is 6.61 Å². The van der Waals surface area contributed by atoms with Crippen molar-refractivity contribution in [2.45, 2.75) is 45.6 Å². The van der Waals surface area contributed by atoms with Crippen molar-refractivity contribution in [3.63, 3.8) is 0 Å². The largest absolute Gasteiger partial charge is 0.445 e. The molecule has 7 nitrogen and oxygen atoms in total. The summed E-state index contributed by atoms with van der Waals surface area (Å²) in [4.78, 5) is 27.1. The van der Waals surface area contributed by atoms with Crippen LogP contribution in [0.25, 0.3) is 0 Å². The maximum absolute atomic E-state index is 12.6. The molecule has 0 aromatic heterocycles. The Labute approximate surface area is 211 Å². The molecule has 0 saturated carbocycles. The van der Waals surface area contributed by atoms with E-state index in [4.69, 9.17) is 32.7 Å². The lowest BCUT2D eigenvalue weighted by molar-refractivity contribution is 0.0329. The SMILES string of the molecule is CCCCN(CCCC)C[C@H](COC(=O)Nc1cccc(Cl)c1)OC(=O)Nc1cccc(Cl)c1. The number of nitrogens with one attached hydrogen (secondary N) is 2. The van der Waals surface area contributed by atoms with Gasteiger partial charge in [0.25, 0.3) is 0 Å². The average Bonchev–Trinajstić information content (AvgIpc) is 2.79. The Morgan fingerprint density at radius 3 is 1.91 bits per heavy atom. The van der Waals surface area contributed by atoms with Gasteiger partial charge in [0.2, 0.25) is 0 Å². The third kappa shape index (κ3) is 11.1. The summed E-state index contributed by atoms with van der Waals surface area (Å²) < 4.78 is 11.0. The van der Waals surface area contributed by atoms with E-state index >= 15 is 0 Å². The molecule has 0 aliphatic rings. The molecule has 2 aromatic rings. The molecule has 0 saturated heterocycles. The number of amides is 2. The fourth-order valence-corrected chi connectivity index (χ4v) is 3.60. The molecule has 186 valence electrons. The first-order chi connectivity index (χ1) is 16.4. The quantitative estimate of drug-likeness (QED) is 0.302. The standard InChI is InChI=1S/C25H33Cl2N3O4/c1-3-5-13-30(14-6-4-2)17-23(34-25(32)29-22-12-8-10-20(27)16-22)18-33-24(31)28-21-11-7-9-19(26)15-21/h7-12,15-16,23H,3-6,13-14,17-18H2,1-2H3,(H,28,31)(H,29,32)/t23-/m1/s1. The number of ether oxygens (including phenoxy) is 2. The van der Waals surface area contributed by atoms with Crippen molar-refractivity contribution in [1.29, 1.82) is 0 Å². The Hall–Kier alpha value is -2.48. The molecule has 0 aliphatic heterocycles. The van der Waals surface area contributed by atoms with Gasteiger partial charge in [-0.2, -0.15) is 0 Å². The number of hydrogen-bond donors (Lipinski definition) is 2. The first-order valence-electron chi connectivity index (χ1n) is 11.5. The smallest absolute Gasteiger partial charge is 0.412 e. The van der Waals surface area contributed by atoms with Crippen molar-refractivity contribution >= 4 is 46.8 Å². The molecule has 1 atom stereocenters. The Morgan fingerprint density at radius 1 is 0.882 bits per heavy atom. The molecular weight excluding hydrogens is 477 g/mol. The van der Waals surface area contributed by atoms with Crippen LogP contribution in [0.3, 0.4) is 0 Å². The Kier molecular flexibility index (Phi) is 12.6. The van der Waals surface area contributed by atoms with Crippen LogP contribution in [-0.2, 0) is 9.47 Å². The molecule has 9 heteroatoms. The maximum Gasteiger partial charge on any atom is 0.412 e. The van der Waals surface area contributed by atoms with Crippen LogP contribution in [-0.4, -0.2) is 49.4 Å². The van der Waals surface area contributed by atoms with Gasteiger partial charge in [-0.15, -0.1) is 0 Å². The summed E-state index contributed by atoms with van der Waals surface area (Å²) in [6.07, 6.45) is 2.22. The van der Waals surface area contributed by atoms with Gasteiger partial charge in [0.1, 0.15) is 6.61 Å². The van der Waals surface area contributed by atoms with E-state index in [0.717, 1.165) is 38.8 Å². The van der Waals surface area contributed by atoms with Crippen LogP contribution < -0.4 is 10.6 Å². The van der Waals surface area contributed by atoms with Crippen LogP contribution >= 0.6 is 23.2 Å². The fraction of sp³-hybridized carbons (Fsp3) is 0.440. The van der Waals surface area contributed by atoms with Crippen LogP contribution in [0.4, 0.5) is 21.0 Å². The van der Waals surface area contributed by atoms with E-state index in [2.05, 4.69) is 29.4 Å². The summed E-state index contributed by atoms with van der Waals surface area (Å²) in [6.45, 7) is 6.38. The molecule has 2 N–H and O–H groups in total. The molecule has 0 heterocycles. The van der Waals surface area contributed by atoms with E-state index in [1.807, 2.05) is 0 Å². The minimum Gasteiger partial charge on any atom is -0.445 e. The van der Waals surface area contributed by atoms with E-state index in [0.29, 0.717) is 28.0 Å². The van der Waals surface area contributed by atoms with Crippen molar-refractivity contribution < 1.29 is 19.1 Å². The average molecular weight is 510 g/mol. The van der Waals surface area contributed by atoms with Gasteiger partial charge >= 0.3 is 12.2 Å². The number of nitrogens with zero attached hydrogens (tertiary/aromatic N) is 1. The van der Waals surface area contributed by atoms with Gasteiger partial charge < -0.3 is 9.47 Å². The Morgan fingerprint density at radius 2 is 1.41 bits per heavy atom. The minimum absolute atomic E-state index is 0.0931. The van der Waals surface area contributed by atoms with Crippen LogP contribution in [0, 0.1) is 0 Å². The van der Waals surface area contributed by atoms with Gasteiger partial charge in [0, 0.05) is 28.0 Å². The number of halogens is 2. The van der Waals surface area contributed by atoms with Crippen LogP contribution in [0.2, 0.25) is 10.0 Å². The highest BCUT2D eigenvalue weighted by Crippen LogP contribution is 2.17. The van der Waals surface area contributed by atoms with E-state index in [9.17, 15) is 9.59 Å². The summed E-state index contributed by atoms with van der Waals surface area (Å²) >= 11 is 11.9. The summed E-state index contributed by atoms with van der Waals surface area (Å²) in [7, 11) is 0. The van der Waals surface area contributed by atoms with Gasteiger partial charge in [-0.05, 0) is 62.3 Å².